The summed E-state index contributed by atoms with van der Waals surface area (Å²) < 4.78 is 0. The van der Waals surface area contributed by atoms with Crippen molar-refractivity contribution in [3.05, 3.63) is 199 Å². The Hall–Kier alpha value is -5.60. The summed E-state index contributed by atoms with van der Waals surface area (Å²) >= 11 is 0. The first-order valence-corrected chi connectivity index (χ1v) is 15.6. The average molecular weight is 581 g/mol. The van der Waals surface area contributed by atoms with Crippen LogP contribution >= 0.6 is 0 Å². The van der Waals surface area contributed by atoms with E-state index in [9.17, 15) is 0 Å². The summed E-state index contributed by atoms with van der Waals surface area (Å²) in [6.45, 7) is 2.33. The van der Waals surface area contributed by atoms with Gasteiger partial charge in [0.1, 0.15) is 0 Å². The largest absolute Gasteiger partial charge is 0.311 e. The standard InChI is InChI=1S/C43H36N2/c1-43(32-30-42(31-33-43)45(39-18-10-4-11-19-39)40-20-12-5-13-21-40)36-26-22-34(23-27-36)35-24-28-41(29-25-35)44(37-14-6-2-7-15-37)38-16-8-3-9-17-38/h2-32H,33H2,1H3. The summed E-state index contributed by atoms with van der Waals surface area (Å²) in [5.74, 6) is 0. The molecule has 1 atom stereocenters. The van der Waals surface area contributed by atoms with Gasteiger partial charge in [-0.25, -0.2) is 0 Å². The normalized spacial score (nSPS) is 15.7. The van der Waals surface area contributed by atoms with Crippen LogP contribution in [0.2, 0.25) is 0 Å². The fourth-order valence-electron chi connectivity index (χ4n) is 6.15. The summed E-state index contributed by atoms with van der Waals surface area (Å²) in [5, 5.41) is 0. The predicted molar refractivity (Wildman–Crippen MR) is 191 cm³/mol. The summed E-state index contributed by atoms with van der Waals surface area (Å²) in [6, 6.07) is 60.2. The van der Waals surface area contributed by atoms with Gasteiger partial charge < -0.3 is 9.80 Å². The minimum atomic E-state index is -0.0726. The maximum absolute atomic E-state index is 2.37. The third kappa shape index (κ3) is 5.96. The van der Waals surface area contributed by atoms with E-state index in [-0.39, 0.29) is 5.41 Å². The Morgan fingerprint density at radius 2 is 0.800 bits per heavy atom. The summed E-state index contributed by atoms with van der Waals surface area (Å²) in [7, 11) is 0. The third-order valence-electron chi connectivity index (χ3n) is 8.68. The van der Waals surface area contributed by atoms with Gasteiger partial charge in [0.25, 0.3) is 0 Å². The van der Waals surface area contributed by atoms with E-state index in [0.29, 0.717) is 0 Å². The zero-order chi connectivity index (χ0) is 30.5. The average Bonchev–Trinajstić information content (AvgIpc) is 3.12. The van der Waals surface area contributed by atoms with Crippen molar-refractivity contribution in [2.45, 2.75) is 18.8 Å². The minimum absolute atomic E-state index is 0.0726. The van der Waals surface area contributed by atoms with Gasteiger partial charge in [0.15, 0.2) is 0 Å². The van der Waals surface area contributed by atoms with E-state index >= 15 is 0 Å². The summed E-state index contributed by atoms with van der Waals surface area (Å²) in [5.41, 5.74) is 10.6. The van der Waals surface area contributed by atoms with Crippen molar-refractivity contribution in [2.75, 3.05) is 9.80 Å². The molecule has 6 aromatic carbocycles. The molecule has 7 rings (SSSR count). The Bertz CT molecular complexity index is 1820. The van der Waals surface area contributed by atoms with Crippen LogP contribution in [0.1, 0.15) is 18.9 Å². The molecular weight excluding hydrogens is 544 g/mol. The van der Waals surface area contributed by atoms with E-state index in [0.717, 1.165) is 34.9 Å². The summed E-state index contributed by atoms with van der Waals surface area (Å²) in [6.07, 6.45) is 7.95. The number of benzene rings is 6. The van der Waals surface area contributed by atoms with Crippen molar-refractivity contribution >= 4 is 28.4 Å². The van der Waals surface area contributed by atoms with E-state index in [1.54, 1.807) is 0 Å². The zero-order valence-corrected chi connectivity index (χ0v) is 25.5. The molecule has 6 aromatic rings. The van der Waals surface area contributed by atoms with Crippen molar-refractivity contribution in [3.63, 3.8) is 0 Å². The Labute approximate surface area is 266 Å². The molecule has 0 radical (unpaired) electrons. The molecule has 0 heterocycles. The van der Waals surface area contributed by atoms with Gasteiger partial charge in [-0.3, -0.25) is 0 Å². The smallest absolute Gasteiger partial charge is 0.0462 e. The molecule has 0 spiro atoms. The van der Waals surface area contributed by atoms with Crippen molar-refractivity contribution in [2.24, 2.45) is 0 Å². The number of nitrogens with zero attached hydrogens (tertiary/aromatic N) is 2. The first kappa shape index (κ1) is 28.2. The molecule has 0 bridgehead atoms. The van der Waals surface area contributed by atoms with Crippen LogP contribution in [0.25, 0.3) is 11.1 Å². The summed E-state index contributed by atoms with van der Waals surface area (Å²) in [4.78, 5) is 4.63. The molecule has 218 valence electrons. The highest BCUT2D eigenvalue weighted by Crippen LogP contribution is 2.39. The van der Waals surface area contributed by atoms with Crippen molar-refractivity contribution in [1.82, 2.24) is 0 Å². The lowest BCUT2D eigenvalue weighted by atomic mass is 9.76. The van der Waals surface area contributed by atoms with Gasteiger partial charge in [0.2, 0.25) is 0 Å². The van der Waals surface area contributed by atoms with Gasteiger partial charge in [-0.1, -0.05) is 128 Å². The second-order valence-electron chi connectivity index (χ2n) is 11.7. The van der Waals surface area contributed by atoms with Gasteiger partial charge in [-0.05, 0) is 89.9 Å². The lowest BCUT2D eigenvalue weighted by Crippen LogP contribution is -2.24. The fourth-order valence-corrected chi connectivity index (χ4v) is 6.15. The molecule has 0 amide bonds. The Morgan fingerprint density at radius 3 is 1.20 bits per heavy atom. The number of rotatable bonds is 8. The van der Waals surface area contributed by atoms with Gasteiger partial charge in [-0.2, -0.15) is 0 Å². The Balaban J connectivity index is 1.11. The molecule has 1 unspecified atom stereocenters. The van der Waals surface area contributed by atoms with Gasteiger partial charge in [-0.15, -0.1) is 0 Å². The molecule has 0 saturated carbocycles. The van der Waals surface area contributed by atoms with Gasteiger partial charge in [0, 0.05) is 39.5 Å². The molecule has 0 saturated heterocycles. The number of para-hydroxylation sites is 4. The quantitative estimate of drug-likeness (QED) is 0.177. The Kier molecular flexibility index (Phi) is 7.87. The SMILES string of the molecule is CC1(c2ccc(-c3ccc(N(c4ccccc4)c4ccccc4)cc3)cc2)C=CC(N(c2ccccc2)c2ccccc2)=CC1. The second-order valence-corrected chi connectivity index (χ2v) is 11.7. The van der Waals surface area contributed by atoms with Crippen LogP contribution in [0.4, 0.5) is 28.4 Å². The number of hydrogen-bond acceptors (Lipinski definition) is 2. The van der Waals surface area contributed by atoms with E-state index in [2.05, 4.69) is 205 Å². The molecule has 0 fully saturated rings. The Morgan fingerprint density at radius 1 is 0.422 bits per heavy atom. The highest BCUT2D eigenvalue weighted by Gasteiger charge is 2.27. The topological polar surface area (TPSA) is 6.48 Å². The van der Waals surface area contributed by atoms with Gasteiger partial charge in [0.05, 0.1) is 0 Å². The highest BCUT2D eigenvalue weighted by molar-refractivity contribution is 5.78. The first-order valence-electron chi connectivity index (χ1n) is 15.6. The van der Waals surface area contributed by atoms with Crippen molar-refractivity contribution in [1.29, 1.82) is 0 Å². The van der Waals surface area contributed by atoms with Crippen LogP contribution in [0.5, 0.6) is 0 Å². The number of allylic oxidation sites excluding steroid dienone is 3. The molecule has 0 N–H and O–H groups in total. The monoisotopic (exact) mass is 580 g/mol. The van der Waals surface area contributed by atoms with Gasteiger partial charge >= 0.3 is 0 Å². The zero-order valence-electron chi connectivity index (χ0n) is 25.5. The lowest BCUT2D eigenvalue weighted by Gasteiger charge is -2.33. The molecule has 2 heteroatoms. The van der Waals surface area contributed by atoms with Crippen molar-refractivity contribution in [3.8, 4) is 11.1 Å². The molecule has 1 aliphatic rings. The molecule has 45 heavy (non-hydrogen) atoms. The van der Waals surface area contributed by atoms with Crippen LogP contribution in [0.3, 0.4) is 0 Å². The third-order valence-corrected chi connectivity index (χ3v) is 8.68. The fraction of sp³-hybridized carbons (Fsp3) is 0.0698. The van der Waals surface area contributed by atoms with E-state index in [1.807, 2.05) is 0 Å². The molecule has 1 aliphatic carbocycles. The maximum Gasteiger partial charge on any atom is 0.0462 e. The van der Waals surface area contributed by atoms with Crippen LogP contribution in [-0.2, 0) is 5.41 Å². The maximum atomic E-state index is 2.37. The van der Waals surface area contributed by atoms with Crippen molar-refractivity contribution < 1.29 is 0 Å². The van der Waals surface area contributed by atoms with Crippen LogP contribution in [-0.4, -0.2) is 0 Å². The second kappa shape index (κ2) is 12.6. The minimum Gasteiger partial charge on any atom is -0.311 e. The molecular formula is C43H36N2. The van der Waals surface area contributed by atoms with Crippen LogP contribution < -0.4 is 9.80 Å². The van der Waals surface area contributed by atoms with Crippen LogP contribution in [0, 0.1) is 0 Å². The highest BCUT2D eigenvalue weighted by atomic mass is 15.1. The van der Waals surface area contributed by atoms with E-state index in [4.69, 9.17) is 0 Å². The molecule has 0 aromatic heterocycles. The van der Waals surface area contributed by atoms with E-state index < -0.39 is 0 Å². The van der Waals surface area contributed by atoms with E-state index in [1.165, 1.54) is 22.4 Å². The molecule has 2 nitrogen and oxygen atoms in total. The molecule has 0 aliphatic heterocycles. The van der Waals surface area contributed by atoms with Crippen LogP contribution in [0.15, 0.2) is 194 Å². The lowest BCUT2D eigenvalue weighted by molar-refractivity contribution is 0.595. The number of hydrogen-bond donors (Lipinski definition) is 0. The predicted octanol–water partition coefficient (Wildman–Crippen LogP) is 11.8. The first-order chi connectivity index (χ1) is 22.2. The number of anilines is 5.